The molecule has 0 aliphatic carbocycles. The van der Waals surface area contributed by atoms with Gasteiger partial charge in [0.1, 0.15) is 17.5 Å². The maximum Gasteiger partial charge on any atom is 0.410 e. The van der Waals surface area contributed by atoms with Crippen molar-refractivity contribution in [3.05, 3.63) is 35.7 Å². The summed E-state index contributed by atoms with van der Waals surface area (Å²) in [4.78, 5) is 34.4. The molecule has 2 fully saturated rings. The number of amides is 2. The first-order valence-corrected chi connectivity index (χ1v) is 12.2. The first-order valence-electron chi connectivity index (χ1n) is 12.2. The third kappa shape index (κ3) is 5.87. The highest BCUT2D eigenvalue weighted by Crippen LogP contribution is 2.30. The minimum absolute atomic E-state index is 0.0429. The van der Waals surface area contributed by atoms with E-state index in [9.17, 15) is 9.59 Å². The third-order valence-electron chi connectivity index (χ3n) is 6.37. The second kappa shape index (κ2) is 10.0. The Kier molecular flexibility index (Phi) is 7.09. The molecule has 184 valence electrons. The van der Waals surface area contributed by atoms with E-state index in [2.05, 4.69) is 21.6 Å². The number of hydrogen-bond acceptors (Lipinski definition) is 6. The summed E-state index contributed by atoms with van der Waals surface area (Å²) >= 11 is 0. The summed E-state index contributed by atoms with van der Waals surface area (Å²) in [7, 11) is 0. The molecule has 2 N–H and O–H groups in total. The predicted molar refractivity (Wildman–Crippen MR) is 130 cm³/mol. The number of carbonyl (C=O) groups excluding carboxylic acids is 2. The second-order valence-electron chi connectivity index (χ2n) is 10.3. The molecule has 2 aliphatic heterocycles. The summed E-state index contributed by atoms with van der Waals surface area (Å²) < 4.78 is 5.57. The molecule has 0 spiro atoms. The summed E-state index contributed by atoms with van der Waals surface area (Å²) in [6, 6.07) is 7.49. The lowest BCUT2D eigenvalue weighted by Gasteiger charge is -2.40. The number of hydrogen-bond donors (Lipinski definition) is 2. The number of likely N-dealkylation sites (tertiary alicyclic amines) is 2. The van der Waals surface area contributed by atoms with Crippen molar-refractivity contribution in [2.24, 2.45) is 0 Å². The summed E-state index contributed by atoms with van der Waals surface area (Å²) in [6.07, 6.45) is 3.86. The van der Waals surface area contributed by atoms with E-state index in [0.717, 1.165) is 48.7 Å². The average Bonchev–Trinajstić information content (AvgIpc) is 3.22. The molecule has 0 saturated carbocycles. The molecular formula is C25H36N6O3. The van der Waals surface area contributed by atoms with Gasteiger partial charge in [-0.05, 0) is 71.9 Å². The van der Waals surface area contributed by atoms with E-state index in [1.54, 1.807) is 4.90 Å². The topological polar surface area (TPSA) is 103 Å². The van der Waals surface area contributed by atoms with Gasteiger partial charge in [0, 0.05) is 43.0 Å². The van der Waals surface area contributed by atoms with Crippen LogP contribution in [-0.2, 0) is 9.53 Å². The standard InChI is InChI=1S/C25H36N6O3/c1-17-16-22(29-28-17)27-21-10-7-8-19(26-21)18-11-14-30(15-12-18)23(32)20-9-5-6-13-31(20)24(33)34-25(2,3)4/h7-8,10,16,18,20H,5-6,9,11-15H2,1-4H3,(H2,26,27,28,29). The Morgan fingerprint density at radius 2 is 1.85 bits per heavy atom. The molecule has 9 nitrogen and oxygen atoms in total. The fourth-order valence-electron chi connectivity index (χ4n) is 4.70. The van der Waals surface area contributed by atoms with Crippen LogP contribution in [0.25, 0.3) is 0 Å². The molecule has 2 amide bonds. The van der Waals surface area contributed by atoms with E-state index in [1.165, 1.54) is 0 Å². The predicted octanol–water partition coefficient (Wildman–Crippen LogP) is 4.35. The van der Waals surface area contributed by atoms with Gasteiger partial charge in [0.2, 0.25) is 5.91 Å². The first kappa shape index (κ1) is 24.0. The molecule has 34 heavy (non-hydrogen) atoms. The van der Waals surface area contributed by atoms with E-state index < -0.39 is 11.6 Å². The molecule has 4 heterocycles. The number of pyridine rings is 1. The molecule has 0 aromatic carbocycles. The normalized spacial score (nSPS) is 19.7. The van der Waals surface area contributed by atoms with Gasteiger partial charge in [-0.25, -0.2) is 9.78 Å². The third-order valence-corrected chi connectivity index (χ3v) is 6.37. The molecule has 9 heteroatoms. The summed E-state index contributed by atoms with van der Waals surface area (Å²) in [5, 5.41) is 10.4. The van der Waals surface area contributed by atoms with Crippen molar-refractivity contribution in [3.8, 4) is 0 Å². The monoisotopic (exact) mass is 468 g/mol. The molecule has 1 unspecified atom stereocenters. The fourth-order valence-corrected chi connectivity index (χ4v) is 4.70. The van der Waals surface area contributed by atoms with Crippen LogP contribution in [0.3, 0.4) is 0 Å². The second-order valence-corrected chi connectivity index (χ2v) is 10.3. The number of piperidine rings is 2. The van der Waals surface area contributed by atoms with Crippen LogP contribution in [-0.4, -0.2) is 68.3 Å². The molecular weight excluding hydrogens is 432 g/mol. The number of aromatic nitrogens is 3. The van der Waals surface area contributed by atoms with Gasteiger partial charge in [-0.3, -0.25) is 14.8 Å². The number of aryl methyl sites for hydroxylation is 1. The largest absolute Gasteiger partial charge is 0.444 e. The minimum atomic E-state index is -0.577. The number of aromatic amines is 1. The summed E-state index contributed by atoms with van der Waals surface area (Å²) in [6.45, 7) is 9.42. The van der Waals surface area contributed by atoms with Gasteiger partial charge < -0.3 is 15.0 Å². The zero-order chi connectivity index (χ0) is 24.3. The minimum Gasteiger partial charge on any atom is -0.444 e. The number of rotatable bonds is 4. The highest BCUT2D eigenvalue weighted by atomic mass is 16.6. The van der Waals surface area contributed by atoms with E-state index in [4.69, 9.17) is 9.72 Å². The molecule has 0 bridgehead atoms. The van der Waals surface area contributed by atoms with Crippen molar-refractivity contribution < 1.29 is 14.3 Å². The van der Waals surface area contributed by atoms with E-state index in [0.29, 0.717) is 32.0 Å². The lowest BCUT2D eigenvalue weighted by Crippen LogP contribution is -2.55. The highest BCUT2D eigenvalue weighted by molar-refractivity contribution is 5.86. The molecule has 1 atom stereocenters. The van der Waals surface area contributed by atoms with Crippen LogP contribution in [0.15, 0.2) is 24.3 Å². The maximum absolute atomic E-state index is 13.4. The number of H-pyrrole nitrogens is 1. The Bertz CT molecular complexity index is 1010. The SMILES string of the molecule is Cc1cc(Nc2cccc(C3CCN(C(=O)C4CCCCN4C(=O)OC(C)(C)C)CC3)n2)n[nH]1. The lowest BCUT2D eigenvalue weighted by atomic mass is 9.92. The quantitative estimate of drug-likeness (QED) is 0.691. The van der Waals surface area contributed by atoms with Crippen molar-refractivity contribution >= 4 is 23.6 Å². The zero-order valence-electron chi connectivity index (χ0n) is 20.6. The fraction of sp³-hybridized carbons (Fsp3) is 0.600. The zero-order valence-corrected chi connectivity index (χ0v) is 20.6. The Morgan fingerprint density at radius 3 is 2.53 bits per heavy atom. The number of carbonyl (C=O) groups is 2. The van der Waals surface area contributed by atoms with Gasteiger partial charge in [0.25, 0.3) is 0 Å². The molecule has 4 rings (SSSR count). The van der Waals surface area contributed by atoms with Gasteiger partial charge in [-0.2, -0.15) is 5.10 Å². The molecule has 2 aromatic heterocycles. The maximum atomic E-state index is 13.4. The van der Waals surface area contributed by atoms with Gasteiger partial charge in [0.05, 0.1) is 0 Å². The van der Waals surface area contributed by atoms with Crippen LogP contribution in [0.2, 0.25) is 0 Å². The van der Waals surface area contributed by atoms with Gasteiger partial charge in [-0.15, -0.1) is 0 Å². The number of nitrogens with one attached hydrogen (secondary N) is 2. The molecule has 2 aromatic rings. The van der Waals surface area contributed by atoms with Crippen LogP contribution in [0.1, 0.15) is 70.2 Å². The van der Waals surface area contributed by atoms with Crippen molar-refractivity contribution in [1.82, 2.24) is 25.0 Å². The van der Waals surface area contributed by atoms with E-state index in [-0.39, 0.29) is 12.0 Å². The first-order chi connectivity index (χ1) is 16.2. The summed E-state index contributed by atoms with van der Waals surface area (Å²) in [5.41, 5.74) is 1.43. The van der Waals surface area contributed by atoms with Crippen LogP contribution in [0.5, 0.6) is 0 Å². The smallest absolute Gasteiger partial charge is 0.410 e. The number of anilines is 2. The Hall–Kier alpha value is -3.10. The van der Waals surface area contributed by atoms with Crippen molar-refractivity contribution in [1.29, 1.82) is 0 Å². The molecule has 2 saturated heterocycles. The van der Waals surface area contributed by atoms with E-state index in [1.807, 2.05) is 50.8 Å². The number of nitrogens with zero attached hydrogens (tertiary/aromatic N) is 4. The number of ether oxygens (including phenoxy) is 1. The van der Waals surface area contributed by atoms with E-state index >= 15 is 0 Å². The average molecular weight is 469 g/mol. The van der Waals surface area contributed by atoms with Gasteiger partial charge >= 0.3 is 6.09 Å². The van der Waals surface area contributed by atoms with Crippen molar-refractivity contribution in [3.63, 3.8) is 0 Å². The molecule has 2 aliphatic rings. The molecule has 0 radical (unpaired) electrons. The highest BCUT2D eigenvalue weighted by Gasteiger charge is 2.38. The van der Waals surface area contributed by atoms with Crippen LogP contribution in [0, 0.1) is 6.92 Å². The van der Waals surface area contributed by atoms with Gasteiger partial charge in [0.15, 0.2) is 5.82 Å². The van der Waals surface area contributed by atoms with Gasteiger partial charge in [-0.1, -0.05) is 6.07 Å². The Morgan fingerprint density at radius 1 is 1.09 bits per heavy atom. The summed E-state index contributed by atoms with van der Waals surface area (Å²) in [5.74, 6) is 1.84. The Balaban J connectivity index is 1.36. The van der Waals surface area contributed by atoms with Crippen LogP contribution in [0.4, 0.5) is 16.4 Å². The van der Waals surface area contributed by atoms with Crippen LogP contribution < -0.4 is 5.32 Å². The van der Waals surface area contributed by atoms with Crippen molar-refractivity contribution in [2.75, 3.05) is 25.0 Å². The Labute approximate surface area is 201 Å². The lowest BCUT2D eigenvalue weighted by molar-refractivity contribution is -0.139. The van der Waals surface area contributed by atoms with Crippen molar-refractivity contribution in [2.45, 2.75) is 77.4 Å². The van der Waals surface area contributed by atoms with Crippen LogP contribution >= 0.6 is 0 Å².